The first kappa shape index (κ1) is 7.72. The Morgan fingerprint density at radius 1 is 1.64 bits per heavy atom. The van der Waals surface area contributed by atoms with Crippen molar-refractivity contribution in [3.63, 3.8) is 0 Å². The topological polar surface area (TPSA) is 46.0 Å². The van der Waals surface area contributed by atoms with Gasteiger partial charge >= 0.3 is 0 Å². The molecule has 0 saturated carbocycles. The Balaban J connectivity index is 2.45. The molecule has 0 fully saturated rings. The first-order valence-electron chi connectivity index (χ1n) is 3.37. The molecule has 3 nitrogen and oxygen atoms in total. The summed E-state index contributed by atoms with van der Waals surface area (Å²) in [4.78, 5) is 3.93. The molecule has 0 unspecified atom stereocenters. The van der Waals surface area contributed by atoms with Gasteiger partial charge in [0, 0.05) is 18.0 Å². The summed E-state index contributed by atoms with van der Waals surface area (Å²) in [6.45, 7) is 2.01. The second kappa shape index (κ2) is 3.71. The van der Waals surface area contributed by atoms with E-state index in [2.05, 4.69) is 4.98 Å². The molecule has 0 aliphatic carbocycles. The van der Waals surface area contributed by atoms with E-state index in [9.17, 15) is 0 Å². The van der Waals surface area contributed by atoms with Crippen molar-refractivity contribution >= 4 is 5.71 Å². The van der Waals surface area contributed by atoms with Crippen LogP contribution in [-0.2, 0) is 0 Å². The molecule has 58 valence electrons. The van der Waals surface area contributed by atoms with E-state index in [1.165, 1.54) is 0 Å². The number of ether oxygens (including phenoxy) is 1. The summed E-state index contributed by atoms with van der Waals surface area (Å²) in [7, 11) is 0. The van der Waals surface area contributed by atoms with Crippen LogP contribution >= 0.6 is 0 Å². The first-order valence-corrected chi connectivity index (χ1v) is 3.37. The van der Waals surface area contributed by atoms with Gasteiger partial charge in [-0.15, -0.1) is 0 Å². The van der Waals surface area contributed by atoms with Crippen molar-refractivity contribution < 1.29 is 4.74 Å². The third kappa shape index (κ3) is 2.80. The smallest absolute Gasteiger partial charge is 0.213 e. The van der Waals surface area contributed by atoms with E-state index in [0.717, 1.165) is 0 Å². The Morgan fingerprint density at radius 2 is 2.45 bits per heavy atom. The predicted molar refractivity (Wildman–Crippen MR) is 43.1 cm³/mol. The van der Waals surface area contributed by atoms with Gasteiger partial charge in [-0.2, -0.15) is 0 Å². The SMILES string of the molecule is CC(=N)COc1ccccn1. The summed E-state index contributed by atoms with van der Waals surface area (Å²) in [6.07, 6.45) is 1.66. The largest absolute Gasteiger partial charge is 0.472 e. The van der Waals surface area contributed by atoms with Crippen LogP contribution in [0.1, 0.15) is 6.92 Å². The molecule has 1 aromatic heterocycles. The molecule has 0 radical (unpaired) electrons. The second-order valence-corrected chi connectivity index (χ2v) is 2.24. The molecular formula is C8H10N2O. The maximum absolute atomic E-state index is 7.09. The summed E-state index contributed by atoms with van der Waals surface area (Å²) in [5.74, 6) is 0.569. The molecule has 0 spiro atoms. The lowest BCUT2D eigenvalue weighted by Gasteiger charge is -2.01. The molecular weight excluding hydrogens is 140 g/mol. The van der Waals surface area contributed by atoms with Crippen LogP contribution in [0.3, 0.4) is 0 Å². The Hall–Kier alpha value is -1.38. The molecule has 0 aromatic carbocycles. The standard InChI is InChI=1S/C8H10N2O/c1-7(9)6-11-8-4-2-3-5-10-8/h2-5,9H,6H2,1H3. The highest BCUT2D eigenvalue weighted by atomic mass is 16.5. The quantitative estimate of drug-likeness (QED) is 0.663. The van der Waals surface area contributed by atoms with Crippen LogP contribution < -0.4 is 4.74 Å². The lowest BCUT2D eigenvalue weighted by Crippen LogP contribution is -2.06. The second-order valence-electron chi connectivity index (χ2n) is 2.24. The van der Waals surface area contributed by atoms with Crippen LogP contribution in [0.5, 0.6) is 5.88 Å². The van der Waals surface area contributed by atoms with E-state index in [0.29, 0.717) is 18.2 Å². The minimum absolute atomic E-state index is 0.316. The summed E-state index contributed by atoms with van der Waals surface area (Å²) in [5, 5.41) is 7.09. The number of rotatable bonds is 3. The van der Waals surface area contributed by atoms with Gasteiger partial charge in [-0.3, -0.25) is 0 Å². The fraction of sp³-hybridized carbons (Fsp3) is 0.250. The molecule has 3 heteroatoms. The predicted octanol–water partition coefficient (Wildman–Crippen LogP) is 1.50. The normalized spacial score (nSPS) is 9.18. The van der Waals surface area contributed by atoms with E-state index in [-0.39, 0.29) is 0 Å². The van der Waals surface area contributed by atoms with Gasteiger partial charge in [-0.25, -0.2) is 4.98 Å². The average Bonchev–Trinajstić information content (AvgIpc) is 2.03. The van der Waals surface area contributed by atoms with Gasteiger partial charge in [0.05, 0.1) is 0 Å². The van der Waals surface area contributed by atoms with Crippen molar-refractivity contribution in [2.24, 2.45) is 0 Å². The summed E-state index contributed by atoms with van der Waals surface area (Å²) in [5.41, 5.74) is 0.496. The van der Waals surface area contributed by atoms with Gasteiger partial charge < -0.3 is 10.1 Å². The zero-order valence-electron chi connectivity index (χ0n) is 6.37. The Labute approximate surface area is 65.5 Å². The van der Waals surface area contributed by atoms with Gasteiger partial charge in [-0.05, 0) is 13.0 Å². The van der Waals surface area contributed by atoms with Gasteiger partial charge in [0.2, 0.25) is 5.88 Å². The van der Waals surface area contributed by atoms with Gasteiger partial charge in [0.25, 0.3) is 0 Å². The molecule has 0 amide bonds. The molecule has 0 saturated heterocycles. The fourth-order valence-electron chi connectivity index (χ4n) is 0.615. The number of hydrogen-bond donors (Lipinski definition) is 1. The van der Waals surface area contributed by atoms with Crippen LogP contribution in [0.25, 0.3) is 0 Å². The lowest BCUT2D eigenvalue weighted by molar-refractivity contribution is 0.360. The highest BCUT2D eigenvalue weighted by molar-refractivity contribution is 5.79. The van der Waals surface area contributed by atoms with Crippen molar-refractivity contribution in [1.29, 1.82) is 5.41 Å². The number of hydrogen-bond acceptors (Lipinski definition) is 3. The number of aromatic nitrogens is 1. The van der Waals surface area contributed by atoms with Crippen molar-refractivity contribution in [3.8, 4) is 5.88 Å². The molecule has 1 heterocycles. The molecule has 0 bridgehead atoms. The molecule has 0 atom stereocenters. The number of nitrogens with one attached hydrogen (secondary N) is 1. The maximum atomic E-state index is 7.09. The highest BCUT2D eigenvalue weighted by Crippen LogP contribution is 2.02. The fourth-order valence-corrected chi connectivity index (χ4v) is 0.615. The number of pyridine rings is 1. The van der Waals surface area contributed by atoms with Crippen LogP contribution in [0.2, 0.25) is 0 Å². The van der Waals surface area contributed by atoms with Crippen LogP contribution in [0.15, 0.2) is 24.4 Å². The van der Waals surface area contributed by atoms with Gasteiger partial charge in [-0.1, -0.05) is 6.07 Å². The average molecular weight is 150 g/mol. The highest BCUT2D eigenvalue weighted by Gasteiger charge is 1.92. The van der Waals surface area contributed by atoms with E-state index < -0.39 is 0 Å². The minimum Gasteiger partial charge on any atom is -0.472 e. The molecule has 0 aliphatic heterocycles. The third-order valence-corrected chi connectivity index (χ3v) is 1.07. The van der Waals surface area contributed by atoms with E-state index in [1.54, 1.807) is 19.2 Å². The van der Waals surface area contributed by atoms with Crippen LogP contribution in [0.4, 0.5) is 0 Å². The van der Waals surface area contributed by atoms with Crippen molar-refractivity contribution in [1.82, 2.24) is 4.98 Å². The molecule has 1 aromatic rings. The number of nitrogens with zero attached hydrogens (tertiary/aromatic N) is 1. The zero-order valence-corrected chi connectivity index (χ0v) is 6.37. The Bertz CT molecular complexity index is 233. The van der Waals surface area contributed by atoms with Gasteiger partial charge in [0.1, 0.15) is 6.61 Å². The van der Waals surface area contributed by atoms with Crippen LogP contribution in [-0.4, -0.2) is 17.3 Å². The van der Waals surface area contributed by atoms with Crippen molar-refractivity contribution in [3.05, 3.63) is 24.4 Å². The van der Waals surface area contributed by atoms with E-state index in [1.807, 2.05) is 12.1 Å². The van der Waals surface area contributed by atoms with Crippen molar-refractivity contribution in [2.45, 2.75) is 6.92 Å². The first-order chi connectivity index (χ1) is 5.29. The van der Waals surface area contributed by atoms with Crippen molar-refractivity contribution in [2.75, 3.05) is 6.61 Å². The Morgan fingerprint density at radius 3 is 3.00 bits per heavy atom. The van der Waals surface area contributed by atoms with E-state index in [4.69, 9.17) is 10.1 Å². The minimum atomic E-state index is 0.316. The summed E-state index contributed by atoms with van der Waals surface area (Å²) < 4.78 is 5.13. The van der Waals surface area contributed by atoms with Gasteiger partial charge in [0.15, 0.2) is 0 Å². The third-order valence-electron chi connectivity index (χ3n) is 1.07. The molecule has 1 N–H and O–H groups in total. The van der Waals surface area contributed by atoms with E-state index >= 15 is 0 Å². The Kier molecular flexibility index (Phi) is 2.60. The molecule has 0 aliphatic rings. The lowest BCUT2D eigenvalue weighted by atomic mass is 10.4. The summed E-state index contributed by atoms with van der Waals surface area (Å²) in [6, 6.07) is 5.44. The monoisotopic (exact) mass is 150 g/mol. The maximum Gasteiger partial charge on any atom is 0.213 e. The molecule has 11 heavy (non-hydrogen) atoms. The molecule has 1 rings (SSSR count). The summed E-state index contributed by atoms with van der Waals surface area (Å²) >= 11 is 0. The van der Waals surface area contributed by atoms with Crippen LogP contribution in [0, 0.1) is 5.41 Å². The zero-order chi connectivity index (χ0) is 8.10.